The number of carbonyl (C=O) groups excluding carboxylic acids is 1. The van der Waals surface area contributed by atoms with Crippen LogP contribution >= 0.6 is 0 Å². The van der Waals surface area contributed by atoms with Gasteiger partial charge in [0, 0.05) is 24.2 Å². The zero-order valence-corrected chi connectivity index (χ0v) is 15.6. The molecule has 0 aromatic heterocycles. The van der Waals surface area contributed by atoms with E-state index in [1.807, 2.05) is 19.1 Å². The largest absolute Gasteiger partial charge is 0.491 e. The number of ether oxygens (including phenoxy) is 1. The molecule has 1 unspecified atom stereocenters. The lowest BCUT2D eigenvalue weighted by Crippen LogP contribution is -2.42. The van der Waals surface area contributed by atoms with E-state index in [9.17, 15) is 9.90 Å². The van der Waals surface area contributed by atoms with E-state index in [-0.39, 0.29) is 18.1 Å². The van der Waals surface area contributed by atoms with Crippen LogP contribution in [0.1, 0.15) is 57.0 Å². The maximum atomic E-state index is 12.0. The molecule has 5 heteroatoms. The molecule has 0 heterocycles. The quantitative estimate of drug-likeness (QED) is 0.648. The van der Waals surface area contributed by atoms with Crippen molar-refractivity contribution in [3.63, 3.8) is 0 Å². The number of aliphatic hydroxyl groups is 1. The van der Waals surface area contributed by atoms with Gasteiger partial charge in [-0.2, -0.15) is 0 Å². The maximum Gasteiger partial charge on any atom is 0.251 e. The molecule has 136 valence electrons. The smallest absolute Gasteiger partial charge is 0.251 e. The molecule has 1 aromatic rings. The summed E-state index contributed by atoms with van der Waals surface area (Å²) in [5.74, 6) is 0.663. The topological polar surface area (TPSA) is 70.6 Å². The summed E-state index contributed by atoms with van der Waals surface area (Å²) in [7, 11) is 0. The summed E-state index contributed by atoms with van der Waals surface area (Å²) in [4.78, 5) is 12.0. The first-order valence-electron chi connectivity index (χ1n) is 8.73. The minimum atomic E-state index is -0.582. The third-order valence-corrected chi connectivity index (χ3v) is 3.48. The third kappa shape index (κ3) is 7.32. The number of aliphatic hydroxyl groups excluding tert-OH is 1. The molecule has 0 aliphatic heterocycles. The lowest BCUT2D eigenvalue weighted by atomic mass is 10.0. The standard InChI is InChI=1S/C19H32N2O3/c1-6-8-14-11-15(18(23)20-7-2)9-10-17(14)24-13-16(22)12-21-19(3,4)5/h9-11,16,21-22H,6-8,12-13H2,1-5H3,(H,20,23). The summed E-state index contributed by atoms with van der Waals surface area (Å²) in [5.41, 5.74) is 1.60. The van der Waals surface area contributed by atoms with Crippen LogP contribution in [0.25, 0.3) is 0 Å². The normalized spacial score (nSPS) is 12.8. The van der Waals surface area contributed by atoms with Crippen LogP contribution in [0.3, 0.4) is 0 Å². The van der Waals surface area contributed by atoms with E-state index in [0.29, 0.717) is 18.7 Å². The SMILES string of the molecule is CCCc1cc(C(=O)NCC)ccc1OCC(O)CNC(C)(C)C. The van der Waals surface area contributed by atoms with Crippen LogP contribution < -0.4 is 15.4 Å². The number of carbonyl (C=O) groups is 1. The molecule has 1 amide bonds. The molecule has 0 radical (unpaired) electrons. The Labute approximate surface area is 145 Å². The molecule has 1 rings (SSSR count). The summed E-state index contributed by atoms with van der Waals surface area (Å²) >= 11 is 0. The molecule has 0 aliphatic carbocycles. The predicted molar refractivity (Wildman–Crippen MR) is 97.7 cm³/mol. The second-order valence-electron chi connectivity index (χ2n) is 7.03. The van der Waals surface area contributed by atoms with Crippen molar-refractivity contribution < 1.29 is 14.6 Å². The average Bonchev–Trinajstić information content (AvgIpc) is 2.51. The highest BCUT2D eigenvalue weighted by Crippen LogP contribution is 2.22. The van der Waals surface area contributed by atoms with Crippen molar-refractivity contribution in [2.75, 3.05) is 19.7 Å². The Morgan fingerprint density at radius 2 is 2.00 bits per heavy atom. The number of benzene rings is 1. The van der Waals surface area contributed by atoms with Gasteiger partial charge in [-0.05, 0) is 57.9 Å². The Morgan fingerprint density at radius 1 is 1.29 bits per heavy atom. The van der Waals surface area contributed by atoms with Crippen LogP contribution in [0.5, 0.6) is 5.75 Å². The Kier molecular flexibility index (Phi) is 8.22. The highest BCUT2D eigenvalue weighted by atomic mass is 16.5. The van der Waals surface area contributed by atoms with E-state index in [2.05, 4.69) is 38.3 Å². The molecule has 0 fully saturated rings. The first kappa shape index (κ1) is 20.5. The average molecular weight is 336 g/mol. The van der Waals surface area contributed by atoms with Crippen LogP contribution in [0, 0.1) is 0 Å². The van der Waals surface area contributed by atoms with Gasteiger partial charge in [-0.25, -0.2) is 0 Å². The molecule has 3 N–H and O–H groups in total. The summed E-state index contributed by atoms with van der Waals surface area (Å²) < 4.78 is 5.79. The van der Waals surface area contributed by atoms with Crippen molar-refractivity contribution in [1.29, 1.82) is 0 Å². The Hall–Kier alpha value is -1.59. The number of β-amino-alcohol motifs (C(OH)–C–C–N with tert-alkyl or cyclic N) is 1. The van der Waals surface area contributed by atoms with Gasteiger partial charge in [0.2, 0.25) is 0 Å². The molecule has 5 nitrogen and oxygen atoms in total. The zero-order chi connectivity index (χ0) is 18.2. The van der Waals surface area contributed by atoms with E-state index in [1.54, 1.807) is 6.07 Å². The monoisotopic (exact) mass is 336 g/mol. The minimum absolute atomic E-state index is 0.0390. The van der Waals surface area contributed by atoms with Crippen LogP contribution in [-0.2, 0) is 6.42 Å². The van der Waals surface area contributed by atoms with Gasteiger partial charge in [0.25, 0.3) is 5.91 Å². The van der Waals surface area contributed by atoms with Crippen molar-refractivity contribution in [3.05, 3.63) is 29.3 Å². The number of hydrogen-bond acceptors (Lipinski definition) is 4. The predicted octanol–water partition coefficient (Wildman–Crippen LogP) is 2.52. The Morgan fingerprint density at radius 3 is 2.58 bits per heavy atom. The van der Waals surface area contributed by atoms with Crippen molar-refractivity contribution in [2.24, 2.45) is 0 Å². The molecule has 1 aromatic carbocycles. The number of aryl methyl sites for hydroxylation is 1. The van der Waals surface area contributed by atoms with Crippen LogP contribution in [0.4, 0.5) is 0 Å². The van der Waals surface area contributed by atoms with Gasteiger partial charge in [-0.3, -0.25) is 4.79 Å². The van der Waals surface area contributed by atoms with E-state index in [0.717, 1.165) is 24.2 Å². The fraction of sp³-hybridized carbons (Fsp3) is 0.632. The van der Waals surface area contributed by atoms with Gasteiger partial charge in [0.15, 0.2) is 0 Å². The van der Waals surface area contributed by atoms with Crippen molar-refractivity contribution >= 4 is 5.91 Å². The maximum absolute atomic E-state index is 12.0. The summed E-state index contributed by atoms with van der Waals surface area (Å²) in [6.45, 7) is 11.5. The van der Waals surface area contributed by atoms with Gasteiger partial charge in [0.05, 0.1) is 0 Å². The highest BCUT2D eigenvalue weighted by Gasteiger charge is 2.14. The van der Waals surface area contributed by atoms with Crippen molar-refractivity contribution in [1.82, 2.24) is 10.6 Å². The molecule has 1 atom stereocenters. The van der Waals surface area contributed by atoms with Gasteiger partial charge in [0.1, 0.15) is 18.5 Å². The lowest BCUT2D eigenvalue weighted by molar-refractivity contribution is 0.0953. The van der Waals surface area contributed by atoms with Crippen LogP contribution in [0.2, 0.25) is 0 Å². The molecule has 0 bridgehead atoms. The molecular weight excluding hydrogens is 304 g/mol. The van der Waals surface area contributed by atoms with Crippen molar-refractivity contribution in [3.8, 4) is 5.75 Å². The van der Waals surface area contributed by atoms with E-state index in [4.69, 9.17) is 4.74 Å². The molecule has 24 heavy (non-hydrogen) atoms. The van der Waals surface area contributed by atoms with Gasteiger partial charge in [-0.15, -0.1) is 0 Å². The van der Waals surface area contributed by atoms with Gasteiger partial charge < -0.3 is 20.5 Å². The number of hydrogen-bond donors (Lipinski definition) is 3. The number of rotatable bonds is 9. The second kappa shape index (κ2) is 9.64. The molecular formula is C19H32N2O3. The fourth-order valence-electron chi connectivity index (χ4n) is 2.26. The molecule has 0 spiro atoms. The Bertz CT molecular complexity index is 524. The Balaban J connectivity index is 2.71. The highest BCUT2D eigenvalue weighted by molar-refractivity contribution is 5.94. The van der Waals surface area contributed by atoms with Gasteiger partial charge in [-0.1, -0.05) is 13.3 Å². The summed E-state index contributed by atoms with van der Waals surface area (Å²) in [5, 5.41) is 16.1. The van der Waals surface area contributed by atoms with E-state index in [1.165, 1.54) is 0 Å². The molecule has 0 saturated heterocycles. The first-order valence-corrected chi connectivity index (χ1v) is 8.73. The zero-order valence-electron chi connectivity index (χ0n) is 15.6. The fourth-order valence-corrected chi connectivity index (χ4v) is 2.26. The number of nitrogens with one attached hydrogen (secondary N) is 2. The van der Waals surface area contributed by atoms with Crippen LogP contribution in [-0.4, -0.2) is 42.4 Å². The van der Waals surface area contributed by atoms with Crippen LogP contribution in [0.15, 0.2) is 18.2 Å². The first-order chi connectivity index (χ1) is 11.3. The minimum Gasteiger partial charge on any atom is -0.491 e. The number of amides is 1. The van der Waals surface area contributed by atoms with E-state index < -0.39 is 6.10 Å². The summed E-state index contributed by atoms with van der Waals surface area (Å²) in [6.07, 6.45) is 1.21. The lowest BCUT2D eigenvalue weighted by Gasteiger charge is -2.23. The second-order valence-corrected chi connectivity index (χ2v) is 7.03. The molecule has 0 aliphatic rings. The van der Waals surface area contributed by atoms with Crippen molar-refractivity contribution in [2.45, 2.75) is 59.1 Å². The molecule has 0 saturated carbocycles. The van der Waals surface area contributed by atoms with Gasteiger partial charge >= 0.3 is 0 Å². The van der Waals surface area contributed by atoms with E-state index >= 15 is 0 Å². The summed E-state index contributed by atoms with van der Waals surface area (Å²) in [6, 6.07) is 5.46. The third-order valence-electron chi connectivity index (χ3n) is 3.48.